The molecular weight excluding hydrogens is 230 g/mol. The zero-order valence-corrected chi connectivity index (χ0v) is 10.9. The Morgan fingerprint density at radius 2 is 2.06 bits per heavy atom. The van der Waals surface area contributed by atoms with Gasteiger partial charge in [0.1, 0.15) is 0 Å². The number of unbranched alkanes of at least 4 members (excludes halogenated alkanes) is 1. The Labute approximate surface area is 103 Å². The van der Waals surface area contributed by atoms with Crippen molar-refractivity contribution in [2.24, 2.45) is 5.92 Å². The van der Waals surface area contributed by atoms with Crippen LogP contribution in [0.25, 0.3) is 0 Å². The highest BCUT2D eigenvalue weighted by molar-refractivity contribution is 6.19. The average Bonchev–Trinajstić information content (AvgIpc) is 2.31. The molecule has 0 saturated carbocycles. The number of hydrogen-bond acceptors (Lipinski definition) is 3. The topological polar surface area (TPSA) is 47.6 Å². The van der Waals surface area contributed by atoms with Gasteiger partial charge in [0, 0.05) is 32.1 Å². The molecule has 0 fully saturated rings. The van der Waals surface area contributed by atoms with E-state index in [0.717, 1.165) is 12.8 Å². The minimum atomic E-state index is -0.111. The second-order valence-electron chi connectivity index (χ2n) is 3.66. The molecule has 16 heavy (non-hydrogen) atoms. The zero-order chi connectivity index (χ0) is 12.2. The molecule has 0 radical (unpaired) electrons. The van der Waals surface area contributed by atoms with E-state index in [1.807, 2.05) is 6.92 Å². The second-order valence-corrected chi connectivity index (χ2v) is 3.97. The van der Waals surface area contributed by atoms with Gasteiger partial charge in [-0.2, -0.15) is 0 Å². The number of halogens is 1. The molecule has 0 rings (SSSR count). The molecular formula is C11H22ClNO3. The average molecular weight is 252 g/mol. The van der Waals surface area contributed by atoms with E-state index in [1.165, 1.54) is 0 Å². The van der Waals surface area contributed by atoms with Crippen molar-refractivity contribution in [2.45, 2.75) is 19.8 Å². The Morgan fingerprint density at radius 3 is 2.69 bits per heavy atom. The van der Waals surface area contributed by atoms with Crippen LogP contribution in [0.4, 0.5) is 0 Å². The quantitative estimate of drug-likeness (QED) is 0.472. The van der Waals surface area contributed by atoms with Crippen molar-refractivity contribution in [2.75, 3.05) is 39.4 Å². The summed E-state index contributed by atoms with van der Waals surface area (Å²) in [5.74, 6) is 0.279. The van der Waals surface area contributed by atoms with Gasteiger partial charge in [0.15, 0.2) is 0 Å². The molecule has 0 aromatic rings. The number of carbonyl (C=O) groups is 1. The fourth-order valence-corrected chi connectivity index (χ4v) is 1.17. The van der Waals surface area contributed by atoms with Gasteiger partial charge in [-0.25, -0.2) is 0 Å². The van der Waals surface area contributed by atoms with E-state index in [1.54, 1.807) is 7.11 Å². The summed E-state index contributed by atoms with van der Waals surface area (Å²) in [6.07, 6.45) is 1.87. The number of carbonyl (C=O) groups excluding carboxylic acids is 1. The highest BCUT2D eigenvalue weighted by Crippen LogP contribution is 1.97. The van der Waals surface area contributed by atoms with Crippen LogP contribution in [0.3, 0.4) is 0 Å². The first-order chi connectivity index (χ1) is 7.72. The van der Waals surface area contributed by atoms with Gasteiger partial charge >= 0.3 is 0 Å². The molecule has 0 aliphatic heterocycles. The molecule has 96 valence electrons. The summed E-state index contributed by atoms with van der Waals surface area (Å²) in [4.78, 5) is 11.3. The predicted octanol–water partition coefficient (Wildman–Crippen LogP) is 1.42. The molecule has 0 saturated heterocycles. The number of alkyl halides is 1. The summed E-state index contributed by atoms with van der Waals surface area (Å²) < 4.78 is 10.1. The maximum Gasteiger partial charge on any atom is 0.224 e. The molecule has 4 nitrogen and oxygen atoms in total. The summed E-state index contributed by atoms with van der Waals surface area (Å²) in [5.41, 5.74) is 0. The van der Waals surface area contributed by atoms with Crippen LogP contribution in [-0.2, 0) is 14.3 Å². The van der Waals surface area contributed by atoms with E-state index in [9.17, 15) is 4.79 Å². The number of nitrogens with one attached hydrogen (secondary N) is 1. The standard InChI is InChI=1S/C11H22ClNO3/c1-10(9-12)11(14)13-5-3-4-6-16-8-7-15-2/h10H,3-9H2,1-2H3,(H,13,14). The van der Waals surface area contributed by atoms with Gasteiger partial charge in [-0.3, -0.25) is 4.79 Å². The van der Waals surface area contributed by atoms with Gasteiger partial charge in [0.25, 0.3) is 0 Å². The Balaban J connectivity index is 3.18. The van der Waals surface area contributed by atoms with E-state index in [-0.39, 0.29) is 11.8 Å². The van der Waals surface area contributed by atoms with Crippen LogP contribution >= 0.6 is 11.6 Å². The normalized spacial score (nSPS) is 12.4. The molecule has 0 aromatic carbocycles. The van der Waals surface area contributed by atoms with E-state index < -0.39 is 0 Å². The Hall–Kier alpha value is -0.320. The van der Waals surface area contributed by atoms with E-state index in [4.69, 9.17) is 21.1 Å². The van der Waals surface area contributed by atoms with Crippen molar-refractivity contribution < 1.29 is 14.3 Å². The maximum atomic E-state index is 11.3. The van der Waals surface area contributed by atoms with Gasteiger partial charge in [-0.1, -0.05) is 6.92 Å². The minimum absolute atomic E-state index is 0.0234. The second kappa shape index (κ2) is 11.2. The van der Waals surface area contributed by atoms with Crippen LogP contribution in [-0.4, -0.2) is 45.3 Å². The fraction of sp³-hybridized carbons (Fsp3) is 0.909. The van der Waals surface area contributed by atoms with Gasteiger partial charge in [-0.05, 0) is 12.8 Å². The fourth-order valence-electron chi connectivity index (χ4n) is 1.03. The highest BCUT2D eigenvalue weighted by atomic mass is 35.5. The highest BCUT2D eigenvalue weighted by Gasteiger charge is 2.09. The van der Waals surface area contributed by atoms with Crippen molar-refractivity contribution in [3.05, 3.63) is 0 Å². The summed E-state index contributed by atoms with van der Waals surface area (Å²) in [6.45, 7) is 4.48. The third-order valence-electron chi connectivity index (χ3n) is 2.13. The number of amides is 1. The Kier molecular flexibility index (Phi) is 11.0. The molecule has 0 bridgehead atoms. The van der Waals surface area contributed by atoms with Crippen LogP contribution in [0.2, 0.25) is 0 Å². The monoisotopic (exact) mass is 251 g/mol. The van der Waals surface area contributed by atoms with Gasteiger partial charge in [-0.15, -0.1) is 11.6 Å². The first-order valence-electron chi connectivity index (χ1n) is 5.62. The van der Waals surface area contributed by atoms with E-state index in [2.05, 4.69) is 5.32 Å². The van der Waals surface area contributed by atoms with Crippen LogP contribution in [0.1, 0.15) is 19.8 Å². The lowest BCUT2D eigenvalue weighted by molar-refractivity contribution is -0.123. The van der Waals surface area contributed by atoms with Crippen LogP contribution in [0.5, 0.6) is 0 Å². The number of ether oxygens (including phenoxy) is 2. The van der Waals surface area contributed by atoms with E-state index in [0.29, 0.717) is 32.2 Å². The van der Waals surface area contributed by atoms with Crippen LogP contribution in [0, 0.1) is 5.92 Å². The Bertz CT molecular complexity index is 179. The molecule has 0 heterocycles. The van der Waals surface area contributed by atoms with Crippen molar-refractivity contribution in [1.82, 2.24) is 5.32 Å². The lowest BCUT2D eigenvalue weighted by atomic mass is 10.2. The van der Waals surface area contributed by atoms with Crippen molar-refractivity contribution in [3.63, 3.8) is 0 Å². The molecule has 1 amide bonds. The van der Waals surface area contributed by atoms with Crippen molar-refractivity contribution in [1.29, 1.82) is 0 Å². The summed E-state index contributed by atoms with van der Waals surface area (Å²) >= 11 is 5.57. The number of methoxy groups -OCH3 is 1. The SMILES string of the molecule is COCCOCCCCNC(=O)C(C)CCl. The van der Waals surface area contributed by atoms with Crippen LogP contribution < -0.4 is 5.32 Å². The number of rotatable bonds is 10. The van der Waals surface area contributed by atoms with Crippen molar-refractivity contribution >= 4 is 17.5 Å². The molecule has 0 aromatic heterocycles. The molecule has 0 aliphatic rings. The molecule has 0 spiro atoms. The van der Waals surface area contributed by atoms with E-state index >= 15 is 0 Å². The molecule has 1 N–H and O–H groups in total. The maximum absolute atomic E-state index is 11.3. The third-order valence-corrected chi connectivity index (χ3v) is 2.59. The smallest absolute Gasteiger partial charge is 0.224 e. The molecule has 1 unspecified atom stereocenters. The van der Waals surface area contributed by atoms with Gasteiger partial charge < -0.3 is 14.8 Å². The summed E-state index contributed by atoms with van der Waals surface area (Å²) in [5, 5.41) is 2.83. The van der Waals surface area contributed by atoms with Crippen molar-refractivity contribution in [3.8, 4) is 0 Å². The number of hydrogen-bond donors (Lipinski definition) is 1. The van der Waals surface area contributed by atoms with Gasteiger partial charge in [0.05, 0.1) is 13.2 Å². The molecule has 1 atom stereocenters. The van der Waals surface area contributed by atoms with Gasteiger partial charge in [0.2, 0.25) is 5.91 Å². The Morgan fingerprint density at radius 1 is 1.31 bits per heavy atom. The minimum Gasteiger partial charge on any atom is -0.382 e. The summed E-state index contributed by atoms with van der Waals surface area (Å²) in [7, 11) is 1.65. The first-order valence-corrected chi connectivity index (χ1v) is 6.16. The lowest BCUT2D eigenvalue weighted by Crippen LogP contribution is -2.30. The summed E-state index contributed by atoms with van der Waals surface area (Å²) in [6, 6.07) is 0. The first kappa shape index (κ1) is 15.7. The lowest BCUT2D eigenvalue weighted by Gasteiger charge is -2.09. The largest absolute Gasteiger partial charge is 0.382 e. The molecule has 0 aliphatic carbocycles. The zero-order valence-electron chi connectivity index (χ0n) is 10.1. The predicted molar refractivity (Wildman–Crippen MR) is 64.8 cm³/mol. The molecule has 5 heteroatoms. The van der Waals surface area contributed by atoms with Crippen LogP contribution in [0.15, 0.2) is 0 Å². The third kappa shape index (κ3) is 8.95.